The number of nitrogens with zero attached hydrogens (tertiary/aromatic N) is 2. The summed E-state index contributed by atoms with van der Waals surface area (Å²) in [5.74, 6) is 0.539. The fraction of sp³-hybridized carbons (Fsp3) is 0.529. The van der Waals surface area contributed by atoms with Crippen LogP contribution in [0, 0.1) is 0 Å². The fourth-order valence-corrected chi connectivity index (χ4v) is 2.84. The predicted octanol–water partition coefficient (Wildman–Crippen LogP) is 1.09. The largest absolute Gasteiger partial charge is 0.481 e. The summed E-state index contributed by atoms with van der Waals surface area (Å²) >= 11 is 0. The van der Waals surface area contributed by atoms with Crippen molar-refractivity contribution in [3.63, 3.8) is 0 Å². The van der Waals surface area contributed by atoms with Gasteiger partial charge in [0, 0.05) is 44.4 Å². The molecule has 2 heterocycles. The minimum Gasteiger partial charge on any atom is -0.481 e. The third kappa shape index (κ3) is 3.85. The van der Waals surface area contributed by atoms with Crippen LogP contribution in [0.15, 0.2) is 18.2 Å². The Hall–Kier alpha value is -2.12. The molecular formula is C17H23N3O4. The molecule has 7 heteroatoms. The number of fused-ring (bicyclic) bond motifs is 1. The van der Waals surface area contributed by atoms with Gasteiger partial charge in [0.1, 0.15) is 5.75 Å². The molecule has 7 nitrogen and oxygen atoms in total. The molecule has 2 aliphatic rings. The summed E-state index contributed by atoms with van der Waals surface area (Å²) in [5.41, 5.74) is 1.44. The second-order valence-corrected chi connectivity index (χ2v) is 5.87. The van der Waals surface area contributed by atoms with Gasteiger partial charge in [0.05, 0.1) is 18.9 Å². The van der Waals surface area contributed by atoms with Crippen LogP contribution >= 0.6 is 0 Å². The molecule has 0 saturated carbocycles. The predicted molar refractivity (Wildman–Crippen MR) is 90.5 cm³/mol. The van der Waals surface area contributed by atoms with Crippen molar-refractivity contribution in [1.29, 1.82) is 0 Å². The minimum absolute atomic E-state index is 0.0291. The first-order valence-corrected chi connectivity index (χ1v) is 8.34. The second-order valence-electron chi connectivity index (χ2n) is 5.87. The Labute approximate surface area is 141 Å². The SMILES string of the molecule is CCC(=O)Nc1ccc2c(c1)OCC(=O)N2CCN1CCOCC1. The first-order valence-electron chi connectivity index (χ1n) is 8.34. The van der Waals surface area contributed by atoms with Gasteiger partial charge in [0.2, 0.25) is 5.91 Å². The van der Waals surface area contributed by atoms with Crippen molar-refractivity contribution in [2.24, 2.45) is 0 Å². The lowest BCUT2D eigenvalue weighted by Gasteiger charge is -2.33. The molecule has 0 aliphatic carbocycles. The molecule has 1 aromatic carbocycles. The molecule has 1 N–H and O–H groups in total. The molecule has 0 spiro atoms. The monoisotopic (exact) mass is 333 g/mol. The van der Waals surface area contributed by atoms with E-state index in [2.05, 4.69) is 10.2 Å². The number of hydrogen-bond acceptors (Lipinski definition) is 5. The zero-order chi connectivity index (χ0) is 16.9. The van der Waals surface area contributed by atoms with E-state index in [0.717, 1.165) is 38.5 Å². The quantitative estimate of drug-likeness (QED) is 0.873. The second kappa shape index (κ2) is 7.63. The molecule has 2 aliphatic heterocycles. The summed E-state index contributed by atoms with van der Waals surface area (Å²) in [4.78, 5) is 27.8. The van der Waals surface area contributed by atoms with Gasteiger partial charge in [0.15, 0.2) is 6.61 Å². The van der Waals surface area contributed by atoms with E-state index in [0.29, 0.717) is 24.4 Å². The number of carbonyl (C=O) groups is 2. The normalized spacial score (nSPS) is 18.0. The molecular weight excluding hydrogens is 310 g/mol. The van der Waals surface area contributed by atoms with Crippen LogP contribution in [0.4, 0.5) is 11.4 Å². The van der Waals surface area contributed by atoms with E-state index in [1.807, 2.05) is 6.07 Å². The number of benzene rings is 1. The lowest BCUT2D eigenvalue weighted by atomic mass is 10.2. The Morgan fingerprint density at radius 3 is 2.79 bits per heavy atom. The molecule has 3 rings (SSSR count). The van der Waals surface area contributed by atoms with Gasteiger partial charge < -0.3 is 19.7 Å². The van der Waals surface area contributed by atoms with Gasteiger partial charge >= 0.3 is 0 Å². The maximum absolute atomic E-state index is 12.2. The van der Waals surface area contributed by atoms with E-state index in [1.54, 1.807) is 24.0 Å². The van der Waals surface area contributed by atoms with E-state index in [4.69, 9.17) is 9.47 Å². The highest BCUT2D eigenvalue weighted by Gasteiger charge is 2.26. The van der Waals surface area contributed by atoms with Crippen LogP contribution in [0.1, 0.15) is 13.3 Å². The number of nitrogens with one attached hydrogen (secondary N) is 1. The fourth-order valence-electron chi connectivity index (χ4n) is 2.84. The molecule has 0 aromatic heterocycles. The van der Waals surface area contributed by atoms with Gasteiger partial charge in [-0.2, -0.15) is 0 Å². The van der Waals surface area contributed by atoms with E-state index in [1.165, 1.54) is 0 Å². The van der Waals surface area contributed by atoms with Gasteiger partial charge in [-0.25, -0.2) is 0 Å². The Morgan fingerprint density at radius 2 is 2.04 bits per heavy atom. The van der Waals surface area contributed by atoms with Crippen LogP contribution in [0.25, 0.3) is 0 Å². The maximum Gasteiger partial charge on any atom is 0.265 e. The Bertz CT molecular complexity index is 614. The smallest absolute Gasteiger partial charge is 0.265 e. The van der Waals surface area contributed by atoms with Crippen molar-refractivity contribution in [2.75, 3.05) is 56.2 Å². The van der Waals surface area contributed by atoms with Crippen molar-refractivity contribution in [3.8, 4) is 5.75 Å². The first kappa shape index (κ1) is 16.7. The van der Waals surface area contributed by atoms with Crippen LogP contribution in [0.2, 0.25) is 0 Å². The topological polar surface area (TPSA) is 71.1 Å². The van der Waals surface area contributed by atoms with Crippen LogP contribution in [-0.4, -0.2) is 62.7 Å². The zero-order valence-corrected chi connectivity index (χ0v) is 13.9. The van der Waals surface area contributed by atoms with Crippen molar-refractivity contribution < 1.29 is 19.1 Å². The highest BCUT2D eigenvalue weighted by molar-refractivity contribution is 5.99. The van der Waals surface area contributed by atoms with Crippen LogP contribution in [-0.2, 0) is 14.3 Å². The van der Waals surface area contributed by atoms with Crippen LogP contribution in [0.5, 0.6) is 5.75 Å². The molecule has 1 saturated heterocycles. The first-order chi connectivity index (χ1) is 11.7. The molecule has 0 radical (unpaired) electrons. The van der Waals surface area contributed by atoms with E-state index in [-0.39, 0.29) is 18.4 Å². The summed E-state index contributed by atoms with van der Waals surface area (Å²) in [6.07, 6.45) is 0.419. The Kier molecular flexibility index (Phi) is 5.32. The highest BCUT2D eigenvalue weighted by atomic mass is 16.5. The van der Waals surface area contributed by atoms with Gasteiger partial charge in [0.25, 0.3) is 5.91 Å². The standard InChI is InChI=1S/C17H23N3O4/c1-2-16(21)18-13-3-4-14-15(11-13)24-12-17(22)20(14)6-5-19-7-9-23-10-8-19/h3-4,11H,2,5-10,12H2,1H3,(H,18,21). The lowest BCUT2D eigenvalue weighted by molar-refractivity contribution is -0.121. The number of ether oxygens (including phenoxy) is 2. The summed E-state index contributed by atoms with van der Waals surface area (Å²) in [7, 11) is 0. The average Bonchev–Trinajstić information content (AvgIpc) is 2.61. The molecule has 0 bridgehead atoms. The van der Waals surface area contributed by atoms with Crippen molar-refractivity contribution >= 4 is 23.2 Å². The number of carbonyl (C=O) groups excluding carboxylic acids is 2. The van der Waals surface area contributed by atoms with Crippen molar-refractivity contribution in [3.05, 3.63) is 18.2 Å². The van der Waals surface area contributed by atoms with Crippen molar-refractivity contribution in [2.45, 2.75) is 13.3 Å². The number of rotatable bonds is 5. The molecule has 24 heavy (non-hydrogen) atoms. The van der Waals surface area contributed by atoms with Gasteiger partial charge in [-0.1, -0.05) is 6.92 Å². The molecule has 0 unspecified atom stereocenters. The summed E-state index contributed by atoms with van der Waals surface area (Å²) in [5, 5.41) is 2.81. The third-order valence-corrected chi connectivity index (χ3v) is 4.25. The van der Waals surface area contributed by atoms with E-state index < -0.39 is 0 Å². The molecule has 0 atom stereocenters. The minimum atomic E-state index is -0.0500. The Balaban J connectivity index is 1.69. The summed E-state index contributed by atoms with van der Waals surface area (Å²) in [6, 6.07) is 5.41. The number of amides is 2. The van der Waals surface area contributed by atoms with Crippen molar-refractivity contribution in [1.82, 2.24) is 4.90 Å². The number of hydrogen-bond donors (Lipinski definition) is 1. The third-order valence-electron chi connectivity index (χ3n) is 4.25. The molecule has 130 valence electrons. The Morgan fingerprint density at radius 1 is 1.25 bits per heavy atom. The van der Waals surface area contributed by atoms with E-state index in [9.17, 15) is 9.59 Å². The lowest BCUT2D eigenvalue weighted by Crippen LogP contribution is -2.45. The zero-order valence-electron chi connectivity index (χ0n) is 13.9. The van der Waals surface area contributed by atoms with Crippen LogP contribution < -0.4 is 15.0 Å². The van der Waals surface area contributed by atoms with Crippen LogP contribution in [0.3, 0.4) is 0 Å². The molecule has 1 fully saturated rings. The summed E-state index contributed by atoms with van der Waals surface area (Å²) in [6.45, 7) is 6.54. The highest BCUT2D eigenvalue weighted by Crippen LogP contribution is 2.34. The van der Waals surface area contributed by atoms with E-state index >= 15 is 0 Å². The number of morpholine rings is 1. The molecule has 1 aromatic rings. The van der Waals surface area contributed by atoms with Gasteiger partial charge in [-0.05, 0) is 12.1 Å². The summed E-state index contributed by atoms with van der Waals surface area (Å²) < 4.78 is 10.9. The number of anilines is 2. The van der Waals surface area contributed by atoms with Gasteiger partial charge in [-0.15, -0.1) is 0 Å². The average molecular weight is 333 g/mol. The molecule has 2 amide bonds. The maximum atomic E-state index is 12.2. The van der Waals surface area contributed by atoms with Gasteiger partial charge in [-0.3, -0.25) is 14.5 Å².